The van der Waals surface area contributed by atoms with Crippen LogP contribution in [0.2, 0.25) is 10.0 Å². The van der Waals surface area contributed by atoms with Crippen LogP contribution in [-0.4, -0.2) is 56.6 Å². The summed E-state index contributed by atoms with van der Waals surface area (Å²) in [5, 5.41) is 0.417. The van der Waals surface area contributed by atoms with Crippen molar-refractivity contribution in [2.75, 3.05) is 19.7 Å². The standard InChI is InChI=1S/C24H33Cl2FN2O4S/c1-8-13-32-19-15-18(26)17(25)14-16(19)20(28-34(31)23(5,6)7)24(27)9-11-29(12-10-24)21(30)33-22(2,3)4/h8,14-15H,1,9-13H2,2-7H3/b28-20-. The molecule has 1 aromatic rings. The third-order valence-corrected chi connectivity index (χ3v) is 7.08. The number of rotatable bonds is 6. The zero-order valence-corrected chi connectivity index (χ0v) is 22.9. The fourth-order valence-electron chi connectivity index (χ4n) is 3.18. The van der Waals surface area contributed by atoms with E-state index < -0.39 is 33.1 Å². The largest absolute Gasteiger partial charge is 0.489 e. The van der Waals surface area contributed by atoms with Crippen molar-refractivity contribution < 1.29 is 22.9 Å². The molecular formula is C24H33Cl2FN2O4S. The number of hydrogen-bond acceptors (Lipinski definition) is 4. The highest BCUT2D eigenvalue weighted by atomic mass is 35.5. The molecule has 0 spiro atoms. The van der Waals surface area contributed by atoms with Crippen molar-refractivity contribution in [3.63, 3.8) is 0 Å². The van der Waals surface area contributed by atoms with Crippen LogP contribution < -0.4 is 4.74 Å². The maximum atomic E-state index is 16.6. The maximum Gasteiger partial charge on any atom is 0.410 e. The third kappa shape index (κ3) is 7.43. The van der Waals surface area contributed by atoms with Crippen LogP contribution in [0.25, 0.3) is 0 Å². The van der Waals surface area contributed by atoms with Crippen LogP contribution in [0.3, 0.4) is 0 Å². The van der Waals surface area contributed by atoms with Crippen LogP contribution in [0.4, 0.5) is 9.18 Å². The van der Waals surface area contributed by atoms with Gasteiger partial charge in [-0.05, 0) is 47.6 Å². The first kappa shape index (κ1) is 28.6. The minimum absolute atomic E-state index is 0.0396. The molecule has 0 radical (unpaired) electrons. The second kappa shape index (κ2) is 11.0. The number of benzene rings is 1. The van der Waals surface area contributed by atoms with Crippen LogP contribution >= 0.6 is 23.2 Å². The quantitative estimate of drug-likeness (QED) is 0.306. The minimum Gasteiger partial charge on any atom is -0.489 e. The van der Waals surface area contributed by atoms with Gasteiger partial charge < -0.3 is 14.4 Å². The van der Waals surface area contributed by atoms with E-state index in [1.807, 2.05) is 0 Å². The van der Waals surface area contributed by atoms with Gasteiger partial charge in [-0.1, -0.05) is 35.9 Å². The summed E-state index contributed by atoms with van der Waals surface area (Å²) in [5.74, 6) is 0.255. The van der Waals surface area contributed by atoms with E-state index in [1.165, 1.54) is 17.0 Å². The van der Waals surface area contributed by atoms with Gasteiger partial charge in [-0.15, -0.1) is 0 Å². The van der Waals surface area contributed by atoms with Gasteiger partial charge in [-0.2, -0.15) is 4.40 Å². The molecule has 1 heterocycles. The summed E-state index contributed by atoms with van der Waals surface area (Å²) in [6.07, 6.45) is 0.915. The second-order valence-electron chi connectivity index (χ2n) is 10.1. The first-order chi connectivity index (χ1) is 15.6. The molecule has 0 saturated carbocycles. The zero-order valence-electron chi connectivity index (χ0n) is 20.5. The first-order valence-corrected chi connectivity index (χ1v) is 12.8. The Morgan fingerprint density at radius 2 is 1.76 bits per heavy atom. The Hall–Kier alpha value is -1.64. The molecule has 34 heavy (non-hydrogen) atoms. The number of alkyl halides is 1. The van der Waals surface area contributed by atoms with Crippen LogP contribution in [-0.2, 0) is 15.7 Å². The normalized spacial score (nSPS) is 17.8. The predicted molar refractivity (Wildman–Crippen MR) is 137 cm³/mol. The fraction of sp³-hybridized carbons (Fsp3) is 0.583. The molecule has 2 rings (SSSR count). The summed E-state index contributed by atoms with van der Waals surface area (Å²) >= 11 is 12.5. The molecule has 1 saturated heterocycles. The predicted octanol–water partition coefficient (Wildman–Crippen LogP) is 6.55. The van der Waals surface area contributed by atoms with E-state index in [0.29, 0.717) is 0 Å². The van der Waals surface area contributed by atoms with Gasteiger partial charge in [0.2, 0.25) is 0 Å². The van der Waals surface area contributed by atoms with E-state index in [1.54, 1.807) is 47.6 Å². The Balaban J connectivity index is 2.51. The molecular weight excluding hydrogens is 502 g/mol. The van der Waals surface area contributed by atoms with Gasteiger partial charge in [0.25, 0.3) is 0 Å². The summed E-state index contributed by atoms with van der Waals surface area (Å²) in [4.78, 5) is 13.9. The number of ether oxygens (including phenoxy) is 2. The Kier molecular flexibility index (Phi) is 9.22. The van der Waals surface area contributed by atoms with Crippen LogP contribution in [0.5, 0.6) is 5.75 Å². The van der Waals surface area contributed by atoms with Crippen LogP contribution in [0, 0.1) is 0 Å². The molecule has 1 aliphatic heterocycles. The molecule has 1 aromatic carbocycles. The van der Waals surface area contributed by atoms with E-state index in [2.05, 4.69) is 11.0 Å². The van der Waals surface area contributed by atoms with Crippen molar-refractivity contribution in [3.05, 3.63) is 40.4 Å². The lowest BCUT2D eigenvalue weighted by atomic mass is 9.85. The molecule has 1 aliphatic rings. The Morgan fingerprint density at radius 1 is 1.21 bits per heavy atom. The van der Waals surface area contributed by atoms with E-state index in [0.717, 1.165) is 0 Å². The van der Waals surface area contributed by atoms with E-state index in [4.69, 9.17) is 32.7 Å². The van der Waals surface area contributed by atoms with Gasteiger partial charge >= 0.3 is 6.09 Å². The van der Waals surface area contributed by atoms with Gasteiger partial charge in [-0.25, -0.2) is 13.4 Å². The number of nitrogens with zero attached hydrogens (tertiary/aromatic N) is 2. The highest BCUT2D eigenvalue weighted by molar-refractivity contribution is 7.85. The zero-order chi connectivity index (χ0) is 25.9. The van der Waals surface area contributed by atoms with Crippen molar-refractivity contribution >= 4 is 46.0 Å². The summed E-state index contributed by atoms with van der Waals surface area (Å²) in [5.41, 5.74) is -2.41. The smallest absolute Gasteiger partial charge is 0.410 e. The van der Waals surface area contributed by atoms with E-state index in [9.17, 15) is 9.00 Å². The number of amides is 1. The summed E-state index contributed by atoms with van der Waals surface area (Å²) in [6.45, 7) is 14.6. The Labute approximate surface area is 214 Å². The SMILES string of the molecule is C=CCOc1cc(Cl)c(Cl)cc1/C(=N/S(=O)C(C)(C)C)C1(F)CCN(C(=O)OC(C)(C)C)CC1. The van der Waals surface area contributed by atoms with Crippen molar-refractivity contribution in [2.45, 2.75) is 70.4 Å². The molecule has 1 atom stereocenters. The number of likely N-dealkylation sites (tertiary alicyclic amines) is 1. The third-order valence-electron chi connectivity index (χ3n) is 4.96. The average Bonchev–Trinajstić information content (AvgIpc) is 2.71. The summed E-state index contributed by atoms with van der Waals surface area (Å²) in [7, 11) is -1.76. The molecule has 1 amide bonds. The molecule has 0 bridgehead atoms. The number of piperidine rings is 1. The summed E-state index contributed by atoms with van der Waals surface area (Å²) in [6, 6.07) is 2.96. The number of hydrogen-bond donors (Lipinski definition) is 0. The lowest BCUT2D eigenvalue weighted by Gasteiger charge is -2.38. The topological polar surface area (TPSA) is 68.2 Å². The molecule has 0 aliphatic carbocycles. The van der Waals surface area contributed by atoms with Gasteiger partial charge in [0.1, 0.15) is 28.9 Å². The van der Waals surface area contributed by atoms with Crippen molar-refractivity contribution in [3.8, 4) is 5.75 Å². The lowest BCUT2D eigenvalue weighted by Crippen LogP contribution is -2.50. The van der Waals surface area contributed by atoms with Gasteiger partial charge in [0, 0.05) is 37.6 Å². The molecule has 6 nitrogen and oxygen atoms in total. The second-order valence-corrected chi connectivity index (χ2v) is 12.8. The molecule has 1 unspecified atom stereocenters. The molecule has 10 heteroatoms. The molecule has 1 fully saturated rings. The van der Waals surface area contributed by atoms with Gasteiger partial charge in [0.05, 0.1) is 20.5 Å². The maximum absolute atomic E-state index is 16.6. The number of halogens is 3. The summed E-state index contributed by atoms with van der Waals surface area (Å²) < 4.78 is 44.4. The van der Waals surface area contributed by atoms with Gasteiger partial charge in [0.15, 0.2) is 5.67 Å². The van der Waals surface area contributed by atoms with Crippen molar-refractivity contribution in [1.29, 1.82) is 0 Å². The van der Waals surface area contributed by atoms with Gasteiger partial charge in [-0.3, -0.25) is 0 Å². The van der Waals surface area contributed by atoms with E-state index >= 15 is 4.39 Å². The number of carbonyl (C=O) groups excluding carboxylic acids is 1. The van der Waals surface area contributed by atoms with Crippen LogP contribution in [0.1, 0.15) is 59.9 Å². The first-order valence-electron chi connectivity index (χ1n) is 11.0. The van der Waals surface area contributed by atoms with Crippen LogP contribution in [0.15, 0.2) is 29.2 Å². The average molecular weight is 536 g/mol. The molecule has 190 valence electrons. The Morgan fingerprint density at radius 3 is 2.26 bits per heavy atom. The fourth-order valence-corrected chi connectivity index (χ4v) is 4.20. The Bertz CT molecular complexity index is 978. The number of carbonyl (C=O) groups is 1. The monoisotopic (exact) mass is 534 g/mol. The van der Waals surface area contributed by atoms with E-state index in [-0.39, 0.29) is 59.6 Å². The lowest BCUT2D eigenvalue weighted by molar-refractivity contribution is 0.0127. The molecule has 0 aromatic heterocycles. The molecule has 0 N–H and O–H groups in total. The van der Waals surface area contributed by atoms with Crippen molar-refractivity contribution in [1.82, 2.24) is 4.90 Å². The minimum atomic E-state index is -1.98. The highest BCUT2D eigenvalue weighted by Gasteiger charge is 2.44. The van der Waals surface area contributed by atoms with Crippen molar-refractivity contribution in [2.24, 2.45) is 4.40 Å². The highest BCUT2D eigenvalue weighted by Crippen LogP contribution is 2.39.